The first-order valence-corrected chi connectivity index (χ1v) is 4.10. The quantitative estimate of drug-likeness (QED) is 0.611. The number of carboxylic acids is 1. The number of carbonyl (C=O) groups is 1. The molecule has 0 aliphatic carbocycles. The summed E-state index contributed by atoms with van der Waals surface area (Å²) in [7, 11) is 1.93. The minimum absolute atomic E-state index is 0.225. The Hall–Kier alpha value is 0.160. The van der Waals surface area contributed by atoms with Crippen LogP contribution in [0.15, 0.2) is 0 Å². The van der Waals surface area contributed by atoms with Gasteiger partial charge in [-0.1, -0.05) is 6.92 Å². The van der Waals surface area contributed by atoms with Crippen molar-refractivity contribution in [2.75, 3.05) is 13.6 Å². The van der Waals surface area contributed by atoms with E-state index >= 15 is 0 Å². The lowest BCUT2D eigenvalue weighted by Crippen LogP contribution is -2.15. The molecule has 0 rings (SSSR count). The maximum absolute atomic E-state index is 10.3. The Bertz CT molecular complexity index is 116. The Kier molecular flexibility index (Phi) is 4.98. The molecule has 1 atom stereocenters. The molecule has 1 N–H and O–H groups in total. The summed E-state index contributed by atoms with van der Waals surface area (Å²) in [6.45, 7) is 2.55. The van der Waals surface area contributed by atoms with Crippen molar-refractivity contribution in [3.05, 3.63) is 0 Å². The highest BCUT2D eigenvalue weighted by atomic mass is 127. The lowest BCUT2D eigenvalue weighted by molar-refractivity contribution is -0.141. The van der Waals surface area contributed by atoms with Gasteiger partial charge in [0.25, 0.3) is 0 Å². The third-order valence-corrected chi connectivity index (χ3v) is 1.77. The molecule has 0 saturated carbocycles. The Morgan fingerprint density at radius 1 is 1.80 bits per heavy atom. The maximum atomic E-state index is 10.3. The van der Waals surface area contributed by atoms with E-state index in [0.717, 1.165) is 13.0 Å². The fourth-order valence-corrected chi connectivity index (χ4v) is 0.774. The summed E-state index contributed by atoms with van der Waals surface area (Å²) >= 11 is 2.14. The average molecular weight is 257 g/mol. The predicted molar refractivity (Wildman–Crippen MR) is 48.1 cm³/mol. The molecule has 0 spiro atoms. The van der Waals surface area contributed by atoms with Gasteiger partial charge in [0.15, 0.2) is 0 Å². The van der Waals surface area contributed by atoms with Gasteiger partial charge in [-0.3, -0.25) is 7.91 Å². The van der Waals surface area contributed by atoms with Gasteiger partial charge < -0.3 is 5.11 Å². The first-order chi connectivity index (χ1) is 4.54. The fourth-order valence-electron chi connectivity index (χ4n) is 0.495. The fraction of sp³-hybridized carbons (Fsp3) is 0.833. The van der Waals surface area contributed by atoms with Gasteiger partial charge in [-0.15, -0.1) is 0 Å². The summed E-state index contributed by atoms with van der Waals surface area (Å²) in [6.07, 6.45) is 0.717. The molecule has 0 bridgehead atoms. The molecule has 0 heterocycles. The molecule has 60 valence electrons. The summed E-state index contributed by atoms with van der Waals surface area (Å²) in [5.74, 6) is -0.935. The van der Waals surface area contributed by atoms with Gasteiger partial charge in [0.05, 0.1) is 5.92 Å². The van der Waals surface area contributed by atoms with E-state index in [9.17, 15) is 4.79 Å². The summed E-state index contributed by atoms with van der Waals surface area (Å²) in [5.41, 5.74) is 0. The number of hydrogen-bond acceptors (Lipinski definition) is 2. The van der Waals surface area contributed by atoms with Crippen LogP contribution in [0.25, 0.3) is 0 Å². The van der Waals surface area contributed by atoms with Gasteiger partial charge in [0, 0.05) is 29.4 Å². The summed E-state index contributed by atoms with van der Waals surface area (Å²) < 4.78 is 1.96. The van der Waals surface area contributed by atoms with E-state index < -0.39 is 5.97 Å². The molecule has 0 fully saturated rings. The standard InChI is InChI=1S/C6H12INO2/c1-5(6(9)10)3-4-8(2)7/h5H,3-4H2,1-2H3,(H,9,10). The highest BCUT2D eigenvalue weighted by molar-refractivity contribution is 14.1. The van der Waals surface area contributed by atoms with Crippen molar-refractivity contribution in [1.82, 2.24) is 3.11 Å². The number of nitrogens with zero attached hydrogens (tertiary/aromatic N) is 1. The van der Waals surface area contributed by atoms with Crippen molar-refractivity contribution in [2.24, 2.45) is 5.92 Å². The summed E-state index contributed by atoms with van der Waals surface area (Å²) in [4.78, 5) is 10.3. The van der Waals surface area contributed by atoms with Crippen molar-refractivity contribution in [1.29, 1.82) is 0 Å². The first-order valence-electron chi connectivity index (χ1n) is 3.13. The highest BCUT2D eigenvalue weighted by Crippen LogP contribution is 2.04. The van der Waals surface area contributed by atoms with Crippen LogP contribution in [0.2, 0.25) is 0 Å². The number of rotatable bonds is 4. The van der Waals surface area contributed by atoms with Crippen LogP contribution in [-0.4, -0.2) is 27.8 Å². The second-order valence-corrected chi connectivity index (χ2v) is 4.00. The Labute approximate surface area is 74.9 Å². The minimum atomic E-state index is -0.710. The van der Waals surface area contributed by atoms with E-state index in [4.69, 9.17) is 5.11 Å². The molecule has 0 radical (unpaired) electrons. The van der Waals surface area contributed by atoms with Gasteiger partial charge in [-0.05, 0) is 13.5 Å². The molecule has 0 aromatic rings. The molecule has 3 nitrogen and oxygen atoms in total. The number of halogens is 1. The van der Waals surface area contributed by atoms with Crippen LogP contribution in [-0.2, 0) is 4.79 Å². The van der Waals surface area contributed by atoms with Crippen LogP contribution < -0.4 is 0 Å². The molecule has 0 aromatic carbocycles. The van der Waals surface area contributed by atoms with Crippen molar-refractivity contribution < 1.29 is 9.90 Å². The monoisotopic (exact) mass is 257 g/mol. The normalized spacial score (nSPS) is 13.6. The Morgan fingerprint density at radius 2 is 2.30 bits per heavy atom. The van der Waals surface area contributed by atoms with E-state index in [0.29, 0.717) is 0 Å². The van der Waals surface area contributed by atoms with Crippen LogP contribution in [0.3, 0.4) is 0 Å². The summed E-state index contributed by atoms with van der Waals surface area (Å²) in [6, 6.07) is 0. The predicted octanol–water partition coefficient (Wildman–Crippen LogP) is 1.38. The second-order valence-electron chi connectivity index (χ2n) is 2.36. The average Bonchev–Trinajstić information content (AvgIpc) is 1.82. The smallest absolute Gasteiger partial charge is 0.306 e. The van der Waals surface area contributed by atoms with Crippen LogP contribution in [0.4, 0.5) is 0 Å². The maximum Gasteiger partial charge on any atom is 0.306 e. The number of carboxylic acid groups (broad SMARTS) is 1. The largest absolute Gasteiger partial charge is 0.481 e. The Balaban J connectivity index is 3.40. The van der Waals surface area contributed by atoms with Crippen LogP contribution in [0.5, 0.6) is 0 Å². The van der Waals surface area contributed by atoms with Crippen LogP contribution in [0, 0.1) is 5.92 Å². The minimum Gasteiger partial charge on any atom is -0.481 e. The van der Waals surface area contributed by atoms with Crippen molar-refractivity contribution in [3.63, 3.8) is 0 Å². The number of hydrogen-bond donors (Lipinski definition) is 1. The van der Waals surface area contributed by atoms with E-state index in [1.807, 2.05) is 10.2 Å². The van der Waals surface area contributed by atoms with E-state index in [-0.39, 0.29) is 5.92 Å². The van der Waals surface area contributed by atoms with Gasteiger partial charge >= 0.3 is 5.97 Å². The van der Waals surface area contributed by atoms with Crippen LogP contribution >= 0.6 is 22.9 Å². The molecule has 0 aromatic heterocycles. The summed E-state index contributed by atoms with van der Waals surface area (Å²) in [5, 5.41) is 8.47. The Morgan fingerprint density at radius 3 is 2.60 bits per heavy atom. The van der Waals surface area contributed by atoms with E-state index in [1.54, 1.807) is 6.92 Å². The first kappa shape index (κ1) is 10.2. The van der Waals surface area contributed by atoms with Crippen molar-refractivity contribution in [2.45, 2.75) is 13.3 Å². The molecular formula is C6H12INO2. The van der Waals surface area contributed by atoms with Gasteiger partial charge in [-0.2, -0.15) is 0 Å². The van der Waals surface area contributed by atoms with Gasteiger partial charge in [0.1, 0.15) is 0 Å². The molecule has 0 amide bonds. The topological polar surface area (TPSA) is 40.5 Å². The molecule has 0 saturated heterocycles. The zero-order valence-electron chi connectivity index (χ0n) is 6.17. The molecular weight excluding hydrogens is 245 g/mol. The molecule has 4 heteroatoms. The lowest BCUT2D eigenvalue weighted by atomic mass is 10.1. The van der Waals surface area contributed by atoms with Gasteiger partial charge in [0.2, 0.25) is 0 Å². The molecule has 10 heavy (non-hydrogen) atoms. The SMILES string of the molecule is CC(CCN(C)I)C(=O)O. The number of aliphatic carboxylic acids is 1. The third-order valence-electron chi connectivity index (χ3n) is 1.29. The zero-order chi connectivity index (χ0) is 8.15. The second kappa shape index (κ2) is 4.90. The van der Waals surface area contributed by atoms with Crippen LogP contribution in [0.1, 0.15) is 13.3 Å². The highest BCUT2D eigenvalue weighted by Gasteiger charge is 2.10. The van der Waals surface area contributed by atoms with Gasteiger partial charge in [-0.25, -0.2) is 0 Å². The molecule has 1 unspecified atom stereocenters. The van der Waals surface area contributed by atoms with E-state index in [1.165, 1.54) is 0 Å². The van der Waals surface area contributed by atoms with Crippen molar-refractivity contribution in [3.8, 4) is 0 Å². The van der Waals surface area contributed by atoms with Crippen molar-refractivity contribution >= 4 is 28.8 Å². The molecule has 0 aliphatic rings. The van der Waals surface area contributed by atoms with E-state index in [2.05, 4.69) is 22.9 Å². The lowest BCUT2D eigenvalue weighted by Gasteiger charge is -2.09. The molecule has 0 aliphatic heterocycles. The third kappa shape index (κ3) is 4.99. The zero-order valence-corrected chi connectivity index (χ0v) is 8.33.